The van der Waals surface area contributed by atoms with E-state index in [1.54, 1.807) is 46.8 Å². The highest BCUT2D eigenvalue weighted by atomic mass is 79.9. The SMILES string of the molecule is CC(C)(C)C(=O)OCC(C)(COC(=O)C(C)(C)Br)C(=O)CCC(C)(COC(=O)C(C)(COC(=O)C(C)(C)Br)COC(=O)C(C)(C)Br)C(=O)OCCN1C(=O)[C@@H]2C3C=CC(O3)[C@@H]2C1=O. The summed E-state index contributed by atoms with van der Waals surface area (Å²) in [6, 6.07) is 0. The van der Waals surface area contributed by atoms with Gasteiger partial charge in [-0.15, -0.1) is 0 Å². The summed E-state index contributed by atoms with van der Waals surface area (Å²) in [6.07, 6.45) is 1.68. The Labute approximate surface area is 393 Å². The van der Waals surface area contributed by atoms with Crippen molar-refractivity contribution < 1.29 is 76.3 Å². The van der Waals surface area contributed by atoms with E-state index in [-0.39, 0.29) is 13.0 Å². The number of imide groups is 1. The maximum absolute atomic E-state index is 14.2. The van der Waals surface area contributed by atoms with Crippen molar-refractivity contribution >= 4 is 101 Å². The highest BCUT2D eigenvalue weighted by Crippen LogP contribution is 2.45. The molecule has 4 unspecified atom stereocenters. The molecule has 0 aromatic heterocycles. The lowest BCUT2D eigenvalue weighted by molar-refractivity contribution is -0.177. The van der Waals surface area contributed by atoms with Crippen molar-refractivity contribution in [1.29, 1.82) is 0 Å². The van der Waals surface area contributed by atoms with Crippen LogP contribution >= 0.6 is 47.8 Å². The second-order valence-electron chi connectivity index (χ2n) is 19.6. The largest absolute Gasteiger partial charge is 0.464 e. The molecule has 354 valence electrons. The van der Waals surface area contributed by atoms with E-state index in [1.165, 1.54) is 48.5 Å². The summed E-state index contributed by atoms with van der Waals surface area (Å²) < 4.78 is 35.5. The van der Waals surface area contributed by atoms with Crippen molar-refractivity contribution in [3.8, 4) is 0 Å². The summed E-state index contributed by atoms with van der Waals surface area (Å²) in [4.78, 5) is 121. The third-order valence-corrected chi connectivity index (χ3v) is 11.8. The maximum Gasteiger partial charge on any atom is 0.322 e. The summed E-state index contributed by atoms with van der Waals surface area (Å²) in [7, 11) is 0. The normalized spacial score (nSPS) is 21.8. The van der Waals surface area contributed by atoms with Crippen LogP contribution in [0.1, 0.15) is 95.9 Å². The third kappa shape index (κ3) is 13.7. The third-order valence-electron chi connectivity index (χ3n) is 10.8. The molecule has 0 aromatic carbocycles. The van der Waals surface area contributed by atoms with Crippen LogP contribution in [-0.4, -0.2) is 130 Å². The number of fused-ring (bicyclic) bond motifs is 5. The molecule has 0 spiro atoms. The molecule has 0 aromatic rings. The van der Waals surface area contributed by atoms with E-state index in [9.17, 15) is 43.2 Å². The lowest BCUT2D eigenvalue weighted by atomic mass is 9.79. The molecular weight excluding hydrogens is 1030 g/mol. The molecule has 2 bridgehead atoms. The molecule has 0 saturated carbocycles. The number of nitrogens with zero attached hydrogens (tertiary/aromatic N) is 1. The van der Waals surface area contributed by atoms with E-state index in [4.69, 9.17) is 33.2 Å². The number of rotatable bonds is 22. The molecule has 63 heavy (non-hydrogen) atoms. The molecule has 2 amide bonds. The number of hydrogen-bond donors (Lipinski definition) is 0. The molecule has 2 saturated heterocycles. The zero-order valence-corrected chi connectivity index (χ0v) is 42.7. The van der Waals surface area contributed by atoms with Gasteiger partial charge >= 0.3 is 35.8 Å². The summed E-state index contributed by atoms with van der Waals surface area (Å²) in [5, 5.41) is 0. The predicted molar refractivity (Wildman–Crippen MR) is 234 cm³/mol. The smallest absolute Gasteiger partial charge is 0.322 e. The van der Waals surface area contributed by atoms with E-state index in [0.717, 1.165) is 4.90 Å². The molecular formula is C43H60Br3NO16. The van der Waals surface area contributed by atoms with E-state index >= 15 is 0 Å². The number of carbonyl (C=O) groups is 9. The zero-order valence-electron chi connectivity index (χ0n) is 37.9. The van der Waals surface area contributed by atoms with Crippen molar-refractivity contribution in [2.45, 2.75) is 121 Å². The van der Waals surface area contributed by atoms with E-state index in [2.05, 4.69) is 47.8 Å². The highest BCUT2D eigenvalue weighted by Gasteiger charge is 2.60. The number of amides is 2. The quantitative estimate of drug-likeness (QED) is 0.0452. The van der Waals surface area contributed by atoms with Gasteiger partial charge < -0.3 is 33.2 Å². The molecule has 3 rings (SSSR count). The molecule has 17 nitrogen and oxygen atoms in total. The Morgan fingerprint density at radius 1 is 0.524 bits per heavy atom. The van der Waals surface area contributed by atoms with Gasteiger partial charge in [-0.25, -0.2) is 0 Å². The zero-order chi connectivity index (χ0) is 48.3. The second-order valence-corrected chi connectivity index (χ2v) is 25.6. The molecule has 0 N–H and O–H groups in total. The fraction of sp³-hybridized carbons (Fsp3) is 0.744. The summed E-state index contributed by atoms with van der Waals surface area (Å²) in [5.74, 6) is -7.65. The minimum absolute atomic E-state index is 0.278. The maximum atomic E-state index is 14.2. The van der Waals surface area contributed by atoms with Gasteiger partial charge in [-0.1, -0.05) is 59.9 Å². The Hall–Kier alpha value is -3.23. The van der Waals surface area contributed by atoms with Crippen LogP contribution < -0.4 is 0 Å². The van der Waals surface area contributed by atoms with Gasteiger partial charge in [0.15, 0.2) is 0 Å². The number of ketones is 1. The van der Waals surface area contributed by atoms with Gasteiger partial charge in [-0.3, -0.25) is 48.1 Å². The second kappa shape index (κ2) is 20.1. The van der Waals surface area contributed by atoms with Crippen molar-refractivity contribution in [2.75, 3.05) is 46.2 Å². The fourth-order valence-electron chi connectivity index (χ4n) is 6.31. The average molecular weight is 1090 g/mol. The number of likely N-dealkylation sites (tertiary alicyclic amines) is 1. The van der Waals surface area contributed by atoms with Crippen LogP contribution in [0.25, 0.3) is 0 Å². The van der Waals surface area contributed by atoms with Crippen LogP contribution in [0.5, 0.6) is 0 Å². The Balaban J connectivity index is 1.90. The molecule has 3 aliphatic rings. The Kier molecular flexibility index (Phi) is 17.3. The predicted octanol–water partition coefficient (Wildman–Crippen LogP) is 5.12. The molecule has 6 atom stereocenters. The van der Waals surface area contributed by atoms with Crippen LogP contribution in [0.4, 0.5) is 0 Å². The molecule has 0 aliphatic carbocycles. The van der Waals surface area contributed by atoms with Gasteiger partial charge in [0.05, 0.1) is 46.8 Å². The van der Waals surface area contributed by atoms with Gasteiger partial charge in [0.2, 0.25) is 11.8 Å². The Morgan fingerprint density at radius 2 is 0.873 bits per heavy atom. The number of esters is 6. The summed E-state index contributed by atoms with van der Waals surface area (Å²) >= 11 is 9.65. The Bertz CT molecular complexity index is 1670. The first-order valence-corrected chi connectivity index (χ1v) is 22.8. The monoisotopic (exact) mass is 1080 g/mol. The van der Waals surface area contributed by atoms with Crippen LogP contribution in [0.2, 0.25) is 0 Å². The van der Waals surface area contributed by atoms with Crippen molar-refractivity contribution in [1.82, 2.24) is 4.90 Å². The molecule has 20 heteroatoms. The number of hydrogen-bond acceptors (Lipinski definition) is 16. The van der Waals surface area contributed by atoms with Gasteiger partial charge in [0, 0.05) is 6.42 Å². The van der Waals surface area contributed by atoms with Gasteiger partial charge in [0.1, 0.15) is 63.8 Å². The number of carbonyl (C=O) groups excluding carboxylic acids is 9. The standard InChI is InChI=1S/C43H60Br3NO16/c1-37(2,3)31(51)58-20-42(11,21-59-32(52)38(4,5)44)26(48)15-16-41(10,35(55)57-18-17-47-29(49)27-24-13-14-25(63-24)28(27)30(47)50)19-62-36(56)43(12,22-60-33(53)39(6,7)45)23-61-34(54)40(8,9)46/h13-14,24-25,27-28H,15-23H2,1-12H3/t24?,25?,27-,28+,41?,42?. The molecule has 0 radical (unpaired) electrons. The summed E-state index contributed by atoms with van der Waals surface area (Å²) in [6.45, 7) is 14.6. The van der Waals surface area contributed by atoms with Crippen LogP contribution in [0.15, 0.2) is 12.2 Å². The highest BCUT2D eigenvalue weighted by molar-refractivity contribution is 9.10. The van der Waals surface area contributed by atoms with E-state index in [1.807, 2.05) is 0 Å². The number of Topliss-reactive ketones (excluding diaryl/α,β-unsaturated/α-hetero) is 1. The first-order chi connectivity index (χ1) is 28.6. The van der Waals surface area contributed by atoms with Gasteiger partial charge in [0.25, 0.3) is 0 Å². The summed E-state index contributed by atoms with van der Waals surface area (Å²) in [5.41, 5.74) is -6.16. The van der Waals surface area contributed by atoms with Crippen LogP contribution in [-0.2, 0) is 76.3 Å². The topological polar surface area (TPSA) is 221 Å². The van der Waals surface area contributed by atoms with Crippen LogP contribution in [0, 0.1) is 33.5 Å². The van der Waals surface area contributed by atoms with Gasteiger partial charge in [-0.2, -0.15) is 0 Å². The van der Waals surface area contributed by atoms with E-state index in [0.29, 0.717) is 0 Å². The van der Waals surface area contributed by atoms with Gasteiger partial charge in [-0.05, 0) is 89.5 Å². The molecule has 2 fully saturated rings. The molecule has 3 heterocycles. The number of halogens is 3. The lowest BCUT2D eigenvalue weighted by Gasteiger charge is -2.33. The van der Waals surface area contributed by atoms with Crippen molar-refractivity contribution in [3.63, 3.8) is 0 Å². The first-order valence-electron chi connectivity index (χ1n) is 20.4. The Morgan fingerprint density at radius 3 is 1.27 bits per heavy atom. The van der Waals surface area contributed by atoms with Crippen LogP contribution in [0.3, 0.4) is 0 Å². The fourth-order valence-corrected chi connectivity index (χ4v) is 6.65. The van der Waals surface area contributed by atoms with Crippen molar-refractivity contribution in [3.05, 3.63) is 12.2 Å². The molecule has 3 aliphatic heterocycles. The van der Waals surface area contributed by atoms with E-state index < -0.39 is 158 Å². The first kappa shape index (κ1) is 54.1. The minimum Gasteiger partial charge on any atom is -0.464 e. The van der Waals surface area contributed by atoms with Crippen molar-refractivity contribution in [2.24, 2.45) is 33.5 Å². The number of alkyl halides is 3. The average Bonchev–Trinajstić information content (AvgIpc) is 3.86. The number of ether oxygens (including phenoxy) is 7. The lowest BCUT2D eigenvalue weighted by Crippen LogP contribution is -2.46. The minimum atomic E-state index is -1.81.